The molecule has 0 fully saturated rings. The van der Waals surface area contributed by atoms with Crippen molar-refractivity contribution in [3.8, 4) is 0 Å². The van der Waals surface area contributed by atoms with Crippen LogP contribution in [-0.4, -0.2) is 28.3 Å². The van der Waals surface area contributed by atoms with Crippen LogP contribution in [0.2, 0.25) is 0 Å². The molecule has 1 atom stereocenters. The fraction of sp³-hybridized carbons (Fsp3) is 0.364. The van der Waals surface area contributed by atoms with Gasteiger partial charge >= 0.3 is 5.97 Å². The molecular formula is C11H15NO4. The number of carbonyl (C=O) groups is 3. The molecule has 88 valence electrons. The van der Waals surface area contributed by atoms with Crippen molar-refractivity contribution in [3.63, 3.8) is 0 Å². The molecule has 0 aromatic carbocycles. The Bertz CT molecular complexity index is 383. The first-order chi connectivity index (χ1) is 7.12. The summed E-state index contributed by atoms with van der Waals surface area (Å²) in [5.74, 6) is -2.86. The summed E-state index contributed by atoms with van der Waals surface area (Å²) in [5, 5.41) is 11.1. The van der Waals surface area contributed by atoms with Gasteiger partial charge in [0.2, 0.25) is 5.91 Å². The number of hydrogen-bond acceptors (Lipinski definition) is 3. The van der Waals surface area contributed by atoms with E-state index in [1.54, 1.807) is 0 Å². The zero-order valence-corrected chi connectivity index (χ0v) is 9.59. The molecule has 0 saturated heterocycles. The lowest BCUT2D eigenvalue weighted by atomic mass is 9.92. The molecule has 0 radical (unpaired) electrons. The fourth-order valence-electron chi connectivity index (χ4n) is 0.968. The van der Waals surface area contributed by atoms with E-state index >= 15 is 0 Å². The molecular weight excluding hydrogens is 210 g/mol. The summed E-state index contributed by atoms with van der Waals surface area (Å²) in [5.41, 5.74) is -1.81. The van der Waals surface area contributed by atoms with Crippen LogP contribution in [0.1, 0.15) is 20.8 Å². The predicted octanol–water partition coefficient (Wildman–Crippen LogP) is 0.667. The highest BCUT2D eigenvalue weighted by Crippen LogP contribution is 2.12. The van der Waals surface area contributed by atoms with E-state index in [9.17, 15) is 14.4 Å². The molecule has 5 nitrogen and oxygen atoms in total. The highest BCUT2D eigenvalue weighted by molar-refractivity contribution is 6.17. The van der Waals surface area contributed by atoms with Gasteiger partial charge in [-0.15, -0.1) is 0 Å². The van der Waals surface area contributed by atoms with E-state index in [1.807, 2.05) is 0 Å². The number of amides is 1. The number of rotatable bonds is 5. The van der Waals surface area contributed by atoms with Crippen molar-refractivity contribution >= 4 is 17.7 Å². The first-order valence-electron chi connectivity index (χ1n) is 4.54. The maximum Gasteiger partial charge on any atom is 0.337 e. The van der Waals surface area contributed by atoms with Crippen LogP contribution in [0.3, 0.4) is 0 Å². The SMILES string of the molecule is C=C(C)C(=O)N[C@@](C)(C(=O)O)C(=O)C(=C)C. The molecule has 0 saturated carbocycles. The van der Waals surface area contributed by atoms with Gasteiger partial charge in [0.15, 0.2) is 11.3 Å². The molecule has 0 aliphatic heterocycles. The van der Waals surface area contributed by atoms with E-state index in [-0.39, 0.29) is 11.1 Å². The van der Waals surface area contributed by atoms with E-state index in [1.165, 1.54) is 13.8 Å². The Morgan fingerprint density at radius 3 is 1.81 bits per heavy atom. The van der Waals surface area contributed by atoms with Gasteiger partial charge in [0, 0.05) is 5.57 Å². The van der Waals surface area contributed by atoms with Gasteiger partial charge in [-0.05, 0) is 26.3 Å². The second-order valence-corrected chi connectivity index (χ2v) is 3.77. The normalized spacial score (nSPS) is 13.4. The Morgan fingerprint density at radius 1 is 1.12 bits per heavy atom. The third kappa shape index (κ3) is 2.79. The first kappa shape index (κ1) is 14.1. The molecule has 2 N–H and O–H groups in total. The highest BCUT2D eigenvalue weighted by atomic mass is 16.4. The second kappa shape index (κ2) is 4.74. The van der Waals surface area contributed by atoms with E-state index in [0.29, 0.717) is 0 Å². The van der Waals surface area contributed by atoms with Gasteiger partial charge in [-0.2, -0.15) is 0 Å². The summed E-state index contributed by atoms with van der Waals surface area (Å²) in [6.45, 7) is 10.7. The summed E-state index contributed by atoms with van der Waals surface area (Å²) in [6, 6.07) is 0. The van der Waals surface area contributed by atoms with Gasteiger partial charge in [-0.3, -0.25) is 9.59 Å². The zero-order valence-electron chi connectivity index (χ0n) is 9.59. The Kier molecular flexibility index (Phi) is 4.17. The van der Waals surface area contributed by atoms with Gasteiger partial charge in [0.25, 0.3) is 0 Å². The quantitative estimate of drug-likeness (QED) is 0.532. The highest BCUT2D eigenvalue weighted by Gasteiger charge is 2.42. The molecule has 0 aromatic heterocycles. The lowest BCUT2D eigenvalue weighted by molar-refractivity contribution is -0.150. The van der Waals surface area contributed by atoms with Crippen molar-refractivity contribution in [2.75, 3.05) is 0 Å². The molecule has 1 amide bonds. The Balaban J connectivity index is 5.22. The van der Waals surface area contributed by atoms with E-state index in [0.717, 1.165) is 6.92 Å². The topological polar surface area (TPSA) is 83.5 Å². The van der Waals surface area contributed by atoms with Crippen molar-refractivity contribution < 1.29 is 19.5 Å². The minimum Gasteiger partial charge on any atom is -0.479 e. The van der Waals surface area contributed by atoms with Gasteiger partial charge < -0.3 is 10.4 Å². The number of nitrogens with one attached hydrogen (secondary N) is 1. The number of carbonyl (C=O) groups excluding carboxylic acids is 2. The van der Waals surface area contributed by atoms with Gasteiger partial charge in [-0.1, -0.05) is 13.2 Å². The second-order valence-electron chi connectivity index (χ2n) is 3.77. The molecule has 0 aliphatic rings. The summed E-state index contributed by atoms with van der Waals surface area (Å²) in [4.78, 5) is 34.0. The van der Waals surface area contributed by atoms with Crippen LogP contribution in [-0.2, 0) is 14.4 Å². The molecule has 0 spiro atoms. The Hall–Kier alpha value is -1.91. The first-order valence-corrected chi connectivity index (χ1v) is 4.54. The van der Waals surface area contributed by atoms with Crippen molar-refractivity contribution in [1.82, 2.24) is 5.32 Å². The van der Waals surface area contributed by atoms with Crippen LogP contribution < -0.4 is 5.32 Å². The predicted molar refractivity (Wildman–Crippen MR) is 58.8 cm³/mol. The standard InChI is InChI=1S/C11H15NO4/c1-6(2)8(13)11(5,10(15)16)12-9(14)7(3)4/h1,3H2,2,4-5H3,(H,12,14)(H,15,16)/t11-/m1/s1. The van der Waals surface area contributed by atoms with Crippen LogP contribution in [0.4, 0.5) is 0 Å². The van der Waals surface area contributed by atoms with Crippen LogP contribution in [0, 0.1) is 0 Å². The molecule has 0 aromatic rings. The smallest absolute Gasteiger partial charge is 0.337 e. The van der Waals surface area contributed by atoms with Gasteiger partial charge in [0.05, 0.1) is 0 Å². The summed E-state index contributed by atoms with van der Waals surface area (Å²) < 4.78 is 0. The molecule has 16 heavy (non-hydrogen) atoms. The van der Waals surface area contributed by atoms with Crippen LogP contribution in [0.25, 0.3) is 0 Å². The van der Waals surface area contributed by atoms with Crippen molar-refractivity contribution in [2.24, 2.45) is 0 Å². The van der Waals surface area contributed by atoms with Crippen LogP contribution in [0.15, 0.2) is 24.3 Å². The molecule has 0 bridgehead atoms. The summed E-state index contributed by atoms with van der Waals surface area (Å²) >= 11 is 0. The monoisotopic (exact) mass is 225 g/mol. The number of Topliss-reactive ketones (excluding diaryl/α,β-unsaturated/α-hetero) is 1. The van der Waals surface area contributed by atoms with Crippen LogP contribution in [0.5, 0.6) is 0 Å². The largest absolute Gasteiger partial charge is 0.479 e. The average Bonchev–Trinajstić information content (AvgIpc) is 2.15. The lowest BCUT2D eigenvalue weighted by Gasteiger charge is -2.24. The number of ketones is 1. The fourth-order valence-corrected chi connectivity index (χ4v) is 0.968. The number of hydrogen-bond donors (Lipinski definition) is 2. The van der Waals surface area contributed by atoms with E-state index in [4.69, 9.17) is 5.11 Å². The number of carboxylic acids is 1. The maximum atomic E-state index is 11.6. The number of carboxylic acid groups (broad SMARTS) is 1. The van der Waals surface area contributed by atoms with Crippen molar-refractivity contribution in [2.45, 2.75) is 26.3 Å². The molecule has 5 heteroatoms. The van der Waals surface area contributed by atoms with Crippen molar-refractivity contribution in [3.05, 3.63) is 24.3 Å². The minimum atomic E-state index is -2.00. The minimum absolute atomic E-state index is 0.0620. The average molecular weight is 225 g/mol. The Morgan fingerprint density at radius 2 is 1.56 bits per heavy atom. The third-order valence-electron chi connectivity index (χ3n) is 2.02. The number of aliphatic carboxylic acids is 1. The maximum absolute atomic E-state index is 11.6. The molecule has 0 aliphatic carbocycles. The molecule has 0 unspecified atom stereocenters. The third-order valence-corrected chi connectivity index (χ3v) is 2.02. The van der Waals surface area contributed by atoms with Crippen LogP contribution >= 0.6 is 0 Å². The summed E-state index contributed by atoms with van der Waals surface area (Å²) in [7, 11) is 0. The van der Waals surface area contributed by atoms with Crippen molar-refractivity contribution in [1.29, 1.82) is 0 Å². The van der Waals surface area contributed by atoms with E-state index in [2.05, 4.69) is 18.5 Å². The van der Waals surface area contributed by atoms with E-state index < -0.39 is 23.2 Å². The molecule has 0 heterocycles. The zero-order chi connectivity index (χ0) is 13.1. The van der Waals surface area contributed by atoms with Gasteiger partial charge in [0.1, 0.15) is 0 Å². The summed E-state index contributed by atoms with van der Waals surface area (Å²) in [6.07, 6.45) is 0. The Labute approximate surface area is 93.8 Å². The molecule has 0 rings (SSSR count). The lowest BCUT2D eigenvalue weighted by Crippen LogP contribution is -2.58. The van der Waals surface area contributed by atoms with Gasteiger partial charge in [-0.25, -0.2) is 4.79 Å².